The number of hydrogen-bond acceptors (Lipinski definition) is 4. The second kappa shape index (κ2) is 13.8. The first-order chi connectivity index (χ1) is 17.1. The Kier molecular flexibility index (Phi) is 11.5. The van der Waals surface area contributed by atoms with Crippen LogP contribution in [0, 0.1) is 23.3 Å². The molecule has 0 heterocycles. The van der Waals surface area contributed by atoms with Crippen molar-refractivity contribution in [3.8, 4) is 5.75 Å². The number of nitrogens with zero attached hydrogens (tertiary/aromatic N) is 1. The van der Waals surface area contributed by atoms with Crippen molar-refractivity contribution < 1.29 is 31.9 Å². The van der Waals surface area contributed by atoms with Crippen LogP contribution in [0.5, 0.6) is 5.75 Å². The fraction of sp³-hybridized carbons (Fsp3) is 0.692. The summed E-state index contributed by atoms with van der Waals surface area (Å²) in [5, 5.41) is 5.09. The Hall–Kier alpha value is -2.36. The van der Waals surface area contributed by atoms with Gasteiger partial charge in [-0.3, -0.25) is 9.59 Å². The van der Waals surface area contributed by atoms with Gasteiger partial charge >= 0.3 is 0 Å². The molecule has 2 N–H and O–H groups in total. The Balaban J connectivity index is 2.15. The molecular weight excluding hydrogens is 478 g/mol. The lowest BCUT2D eigenvalue weighted by Crippen LogP contribution is -2.54. The van der Waals surface area contributed by atoms with Crippen molar-refractivity contribution in [3.05, 3.63) is 28.8 Å². The summed E-state index contributed by atoms with van der Waals surface area (Å²) in [4.78, 5) is 27.6. The van der Waals surface area contributed by atoms with E-state index in [1.54, 1.807) is 6.92 Å². The average Bonchev–Trinajstić information content (AvgIpc) is 3.33. The lowest BCUT2D eigenvalue weighted by molar-refractivity contribution is -0.123. The van der Waals surface area contributed by atoms with Crippen molar-refractivity contribution in [2.24, 2.45) is 0 Å². The van der Waals surface area contributed by atoms with Gasteiger partial charge in [0.25, 0.3) is 5.91 Å². The molecule has 1 saturated carbocycles. The van der Waals surface area contributed by atoms with Gasteiger partial charge in [0.2, 0.25) is 17.5 Å². The first-order valence-corrected chi connectivity index (χ1v) is 12.8. The second-order valence-electron chi connectivity index (χ2n) is 9.73. The van der Waals surface area contributed by atoms with Gasteiger partial charge in [-0.1, -0.05) is 52.4 Å². The van der Waals surface area contributed by atoms with Gasteiger partial charge in [0.15, 0.2) is 17.4 Å². The highest BCUT2D eigenvalue weighted by atomic mass is 19.2. The van der Waals surface area contributed by atoms with Gasteiger partial charge in [-0.05, 0) is 39.8 Å². The van der Waals surface area contributed by atoms with Crippen LogP contribution >= 0.6 is 0 Å². The topological polar surface area (TPSA) is 70.7 Å². The molecule has 0 aliphatic heterocycles. The highest BCUT2D eigenvalue weighted by Gasteiger charge is 2.37. The molecule has 0 aromatic heterocycles. The maximum atomic E-state index is 14.7. The minimum atomic E-state index is -1.86. The van der Waals surface area contributed by atoms with Gasteiger partial charge in [-0.15, -0.1) is 0 Å². The molecule has 36 heavy (non-hydrogen) atoms. The first kappa shape index (κ1) is 29.9. The third-order valence-electron chi connectivity index (χ3n) is 6.97. The van der Waals surface area contributed by atoms with Crippen LogP contribution in [0.1, 0.15) is 88.4 Å². The lowest BCUT2D eigenvalue weighted by atomic mass is 9.95. The maximum absolute atomic E-state index is 14.7. The number of ether oxygens (including phenoxy) is 1. The Bertz CT molecular complexity index is 876. The molecule has 1 fully saturated rings. The van der Waals surface area contributed by atoms with Crippen molar-refractivity contribution in [1.82, 2.24) is 15.5 Å². The van der Waals surface area contributed by atoms with E-state index in [0.717, 1.165) is 44.9 Å². The number of unbranched alkanes of at least 4 members (excludes halogenated alkanes) is 3. The summed E-state index contributed by atoms with van der Waals surface area (Å²) in [6.45, 7) is 3.99. The molecule has 0 unspecified atom stereocenters. The zero-order chi connectivity index (χ0) is 26.9. The number of nitrogens with one attached hydrogen (secondary N) is 2. The molecule has 2 rings (SSSR count). The van der Waals surface area contributed by atoms with Crippen molar-refractivity contribution in [2.45, 2.75) is 89.6 Å². The van der Waals surface area contributed by atoms with Gasteiger partial charge in [-0.2, -0.15) is 8.78 Å². The zero-order valence-corrected chi connectivity index (χ0v) is 21.7. The van der Waals surface area contributed by atoms with Gasteiger partial charge in [0, 0.05) is 12.1 Å². The zero-order valence-electron chi connectivity index (χ0n) is 21.7. The molecule has 1 aliphatic rings. The number of carbonyl (C=O) groups is 2. The summed E-state index contributed by atoms with van der Waals surface area (Å²) in [5.74, 6) is -10.4. The van der Waals surface area contributed by atoms with E-state index in [0.29, 0.717) is 19.4 Å². The van der Waals surface area contributed by atoms with Crippen LogP contribution in [0.2, 0.25) is 0 Å². The summed E-state index contributed by atoms with van der Waals surface area (Å²) in [6, 6.07) is -1.12. The standard InChI is InChI=1S/C26H39F4N3O3/c1-5-7-8-11-15-36-23-21(29)19(27)18(20(28)22(23)30)25(35)32-17(12-6-2)24(34)31-16-26(33(3)4)13-9-10-14-26/h17H,5-16H2,1-4H3,(H,31,34)(H,32,35)/t17-/m0/s1. The molecule has 10 heteroatoms. The number of hydrogen-bond donors (Lipinski definition) is 2. The second-order valence-corrected chi connectivity index (χ2v) is 9.73. The highest BCUT2D eigenvalue weighted by molar-refractivity contribution is 5.98. The predicted molar refractivity (Wildman–Crippen MR) is 130 cm³/mol. The van der Waals surface area contributed by atoms with Crippen LogP contribution in [0.3, 0.4) is 0 Å². The smallest absolute Gasteiger partial charge is 0.258 e. The fourth-order valence-corrected chi connectivity index (χ4v) is 4.62. The van der Waals surface area contributed by atoms with Crippen LogP contribution in [0.4, 0.5) is 17.6 Å². The Morgan fingerprint density at radius 2 is 1.56 bits per heavy atom. The molecule has 204 valence electrons. The van der Waals surface area contributed by atoms with E-state index in [2.05, 4.69) is 15.5 Å². The van der Waals surface area contributed by atoms with Crippen LogP contribution < -0.4 is 15.4 Å². The van der Waals surface area contributed by atoms with E-state index in [4.69, 9.17) is 4.74 Å². The fourth-order valence-electron chi connectivity index (χ4n) is 4.62. The Labute approximate surface area is 211 Å². The van der Waals surface area contributed by atoms with Crippen LogP contribution in [-0.4, -0.2) is 55.5 Å². The normalized spacial score (nSPS) is 15.7. The van der Waals surface area contributed by atoms with Crippen molar-refractivity contribution in [2.75, 3.05) is 27.2 Å². The van der Waals surface area contributed by atoms with Gasteiger partial charge in [0.1, 0.15) is 11.6 Å². The minimum absolute atomic E-state index is 0.120. The molecule has 1 atom stereocenters. The van der Waals surface area contributed by atoms with Crippen LogP contribution in [-0.2, 0) is 4.79 Å². The van der Waals surface area contributed by atoms with E-state index in [1.807, 2.05) is 21.0 Å². The maximum Gasteiger partial charge on any atom is 0.258 e. The molecule has 2 amide bonds. The monoisotopic (exact) mass is 517 g/mol. The van der Waals surface area contributed by atoms with E-state index < -0.39 is 52.4 Å². The number of carbonyl (C=O) groups excluding carboxylic acids is 2. The van der Waals surface area contributed by atoms with E-state index in [1.165, 1.54) is 0 Å². The number of amides is 2. The number of benzene rings is 1. The van der Waals surface area contributed by atoms with E-state index in [-0.39, 0.29) is 18.6 Å². The van der Waals surface area contributed by atoms with E-state index >= 15 is 0 Å². The summed E-state index contributed by atoms with van der Waals surface area (Å²) in [7, 11) is 3.88. The minimum Gasteiger partial charge on any atom is -0.487 e. The summed E-state index contributed by atoms with van der Waals surface area (Å²) >= 11 is 0. The first-order valence-electron chi connectivity index (χ1n) is 12.8. The molecule has 0 radical (unpaired) electrons. The van der Waals surface area contributed by atoms with Gasteiger partial charge in [-0.25, -0.2) is 8.78 Å². The highest BCUT2D eigenvalue weighted by Crippen LogP contribution is 2.33. The molecule has 0 saturated heterocycles. The molecule has 0 bridgehead atoms. The van der Waals surface area contributed by atoms with Crippen molar-refractivity contribution >= 4 is 11.8 Å². The Morgan fingerprint density at radius 1 is 0.944 bits per heavy atom. The lowest BCUT2D eigenvalue weighted by Gasteiger charge is -2.37. The summed E-state index contributed by atoms with van der Waals surface area (Å²) in [5.41, 5.74) is -1.62. The quantitative estimate of drug-likeness (QED) is 0.205. The molecule has 0 spiro atoms. The van der Waals surface area contributed by atoms with Gasteiger partial charge < -0.3 is 20.3 Å². The molecular formula is C26H39F4N3O3. The number of likely N-dealkylation sites (N-methyl/N-ethyl adjacent to an activating group) is 1. The van der Waals surface area contributed by atoms with E-state index in [9.17, 15) is 27.2 Å². The molecule has 6 nitrogen and oxygen atoms in total. The molecule has 1 aliphatic carbocycles. The summed E-state index contributed by atoms with van der Waals surface area (Å²) in [6.07, 6.45) is 7.58. The third kappa shape index (κ3) is 7.11. The largest absolute Gasteiger partial charge is 0.487 e. The third-order valence-corrected chi connectivity index (χ3v) is 6.97. The SMILES string of the molecule is CCCCCCOc1c(F)c(F)c(C(=O)N[C@@H](CCC)C(=O)NCC2(N(C)C)CCCC2)c(F)c1F. The van der Waals surface area contributed by atoms with Crippen molar-refractivity contribution in [3.63, 3.8) is 0 Å². The molecule has 1 aromatic rings. The number of halogens is 4. The predicted octanol–water partition coefficient (Wildman–Crippen LogP) is 5.09. The number of rotatable bonds is 14. The van der Waals surface area contributed by atoms with Crippen molar-refractivity contribution in [1.29, 1.82) is 0 Å². The van der Waals surface area contributed by atoms with Gasteiger partial charge in [0.05, 0.1) is 6.61 Å². The molecule has 1 aromatic carbocycles. The van der Waals surface area contributed by atoms with Crippen LogP contribution in [0.25, 0.3) is 0 Å². The Morgan fingerprint density at radius 3 is 2.08 bits per heavy atom. The van der Waals surface area contributed by atoms with Crippen LogP contribution in [0.15, 0.2) is 0 Å². The summed E-state index contributed by atoms with van der Waals surface area (Å²) < 4.78 is 63.4. The average molecular weight is 518 g/mol.